The van der Waals surface area contributed by atoms with Crippen molar-refractivity contribution in [3.63, 3.8) is 0 Å². The van der Waals surface area contributed by atoms with Gasteiger partial charge >= 0.3 is 0 Å². The number of aryl methyl sites for hydroxylation is 2. The van der Waals surface area contributed by atoms with Crippen LogP contribution in [0.3, 0.4) is 0 Å². The van der Waals surface area contributed by atoms with E-state index in [9.17, 15) is 0 Å². The van der Waals surface area contributed by atoms with Crippen LogP contribution in [0.4, 0.5) is 0 Å². The van der Waals surface area contributed by atoms with Crippen molar-refractivity contribution in [2.75, 3.05) is 20.2 Å². The highest BCUT2D eigenvalue weighted by molar-refractivity contribution is 5.41. The second-order valence-electron chi connectivity index (χ2n) is 5.09. The molecule has 0 heterocycles. The number of hydrogen-bond acceptors (Lipinski definition) is 2. The molecule has 0 amide bonds. The third-order valence-electron chi connectivity index (χ3n) is 3.01. The summed E-state index contributed by atoms with van der Waals surface area (Å²) in [7, 11) is 1.72. The molecule has 0 unspecified atom stereocenters. The minimum absolute atomic E-state index is 0.716. The molecule has 0 spiro atoms. The first kappa shape index (κ1) is 14.0. The van der Waals surface area contributed by atoms with Crippen molar-refractivity contribution in [2.24, 2.45) is 5.92 Å². The average molecular weight is 235 g/mol. The Balaban J connectivity index is 2.59. The fourth-order valence-corrected chi connectivity index (χ4v) is 2.07. The van der Waals surface area contributed by atoms with E-state index in [2.05, 4.69) is 45.1 Å². The van der Waals surface area contributed by atoms with Gasteiger partial charge in [-0.2, -0.15) is 0 Å². The van der Waals surface area contributed by atoms with E-state index < -0.39 is 0 Å². The zero-order valence-electron chi connectivity index (χ0n) is 11.8. The van der Waals surface area contributed by atoms with Crippen molar-refractivity contribution in [2.45, 2.75) is 34.1 Å². The summed E-state index contributed by atoms with van der Waals surface area (Å²) in [5.74, 6) is 1.67. The molecule has 1 N–H and O–H groups in total. The molecule has 0 aromatic heterocycles. The fraction of sp³-hybridized carbons (Fsp3) is 0.600. The van der Waals surface area contributed by atoms with Crippen molar-refractivity contribution >= 4 is 0 Å². The van der Waals surface area contributed by atoms with Crippen LogP contribution in [0.2, 0.25) is 0 Å². The highest BCUT2D eigenvalue weighted by atomic mass is 16.5. The summed E-state index contributed by atoms with van der Waals surface area (Å²) in [5, 5.41) is 3.49. The molecule has 2 heteroatoms. The van der Waals surface area contributed by atoms with Crippen molar-refractivity contribution < 1.29 is 4.74 Å². The van der Waals surface area contributed by atoms with Crippen LogP contribution in [-0.2, 0) is 6.42 Å². The predicted molar refractivity (Wildman–Crippen MR) is 73.9 cm³/mol. The molecule has 0 fully saturated rings. The quantitative estimate of drug-likeness (QED) is 0.765. The number of ether oxygens (including phenoxy) is 1. The summed E-state index contributed by atoms with van der Waals surface area (Å²) in [6.45, 7) is 10.9. The van der Waals surface area contributed by atoms with Crippen LogP contribution >= 0.6 is 0 Å². The Kier molecular flexibility index (Phi) is 5.49. The Hall–Kier alpha value is -1.02. The van der Waals surface area contributed by atoms with Gasteiger partial charge in [0.05, 0.1) is 7.11 Å². The predicted octanol–water partition coefficient (Wildman–Crippen LogP) is 3.10. The first-order chi connectivity index (χ1) is 8.04. The van der Waals surface area contributed by atoms with Crippen LogP contribution in [-0.4, -0.2) is 20.2 Å². The number of methoxy groups -OCH3 is 1. The molecule has 0 aliphatic carbocycles. The van der Waals surface area contributed by atoms with Crippen LogP contribution in [0, 0.1) is 19.8 Å². The summed E-state index contributed by atoms with van der Waals surface area (Å²) in [6, 6.07) is 4.23. The Morgan fingerprint density at radius 3 is 2.24 bits per heavy atom. The third kappa shape index (κ3) is 4.39. The molecule has 0 aliphatic heterocycles. The third-order valence-corrected chi connectivity index (χ3v) is 3.01. The normalized spacial score (nSPS) is 10.9. The van der Waals surface area contributed by atoms with Gasteiger partial charge in [0.2, 0.25) is 0 Å². The first-order valence-corrected chi connectivity index (χ1v) is 6.39. The second kappa shape index (κ2) is 6.65. The summed E-state index contributed by atoms with van der Waals surface area (Å²) >= 11 is 0. The zero-order chi connectivity index (χ0) is 12.8. The highest BCUT2D eigenvalue weighted by Gasteiger charge is 2.05. The first-order valence-electron chi connectivity index (χ1n) is 6.39. The lowest BCUT2D eigenvalue weighted by molar-refractivity contribution is 0.414. The Morgan fingerprint density at radius 1 is 1.18 bits per heavy atom. The van der Waals surface area contributed by atoms with Crippen LogP contribution < -0.4 is 10.1 Å². The van der Waals surface area contributed by atoms with E-state index in [-0.39, 0.29) is 0 Å². The molecule has 0 radical (unpaired) electrons. The van der Waals surface area contributed by atoms with Crippen molar-refractivity contribution in [3.8, 4) is 5.75 Å². The lowest BCUT2D eigenvalue weighted by Gasteiger charge is -2.13. The van der Waals surface area contributed by atoms with Crippen molar-refractivity contribution in [3.05, 3.63) is 28.8 Å². The molecule has 17 heavy (non-hydrogen) atoms. The smallest absolute Gasteiger partial charge is 0.119 e. The lowest BCUT2D eigenvalue weighted by atomic mass is 9.99. The van der Waals surface area contributed by atoms with E-state index in [1.54, 1.807) is 7.11 Å². The Bertz CT molecular complexity index is 335. The average Bonchev–Trinajstić information content (AvgIpc) is 2.26. The van der Waals surface area contributed by atoms with Crippen LogP contribution in [0.25, 0.3) is 0 Å². The largest absolute Gasteiger partial charge is 0.497 e. The van der Waals surface area contributed by atoms with Gasteiger partial charge in [-0.25, -0.2) is 0 Å². The Morgan fingerprint density at radius 2 is 1.76 bits per heavy atom. The maximum atomic E-state index is 5.27. The van der Waals surface area contributed by atoms with E-state index in [0.717, 1.165) is 25.3 Å². The molecular formula is C15H25NO. The van der Waals surface area contributed by atoms with E-state index >= 15 is 0 Å². The monoisotopic (exact) mass is 235 g/mol. The van der Waals surface area contributed by atoms with Gasteiger partial charge in [-0.15, -0.1) is 0 Å². The van der Waals surface area contributed by atoms with Gasteiger partial charge in [0.25, 0.3) is 0 Å². The number of nitrogens with one attached hydrogen (secondary N) is 1. The number of benzene rings is 1. The maximum Gasteiger partial charge on any atom is 0.119 e. The molecule has 96 valence electrons. The SMILES string of the molecule is COc1cc(C)c(CCNCC(C)C)c(C)c1. The molecule has 0 bridgehead atoms. The van der Waals surface area contributed by atoms with Crippen molar-refractivity contribution in [1.29, 1.82) is 0 Å². The molecule has 0 atom stereocenters. The Labute approximate surface area is 105 Å². The molecule has 1 aromatic carbocycles. The summed E-state index contributed by atoms with van der Waals surface area (Å²) < 4.78 is 5.27. The maximum absolute atomic E-state index is 5.27. The topological polar surface area (TPSA) is 21.3 Å². The van der Waals surface area contributed by atoms with Gasteiger partial charge in [-0.05, 0) is 68.1 Å². The van der Waals surface area contributed by atoms with Crippen LogP contribution in [0.5, 0.6) is 5.75 Å². The minimum atomic E-state index is 0.716. The van der Waals surface area contributed by atoms with E-state index in [0.29, 0.717) is 5.92 Å². The molecule has 0 aliphatic rings. The molecule has 2 nitrogen and oxygen atoms in total. The zero-order valence-corrected chi connectivity index (χ0v) is 11.8. The number of hydrogen-bond donors (Lipinski definition) is 1. The van der Waals surface area contributed by atoms with Gasteiger partial charge in [0, 0.05) is 0 Å². The molecule has 0 saturated carbocycles. The van der Waals surface area contributed by atoms with Gasteiger partial charge in [-0.1, -0.05) is 13.8 Å². The van der Waals surface area contributed by atoms with Gasteiger partial charge in [0.15, 0.2) is 0 Å². The summed E-state index contributed by atoms with van der Waals surface area (Å²) in [4.78, 5) is 0. The van der Waals surface area contributed by atoms with Gasteiger partial charge in [-0.3, -0.25) is 0 Å². The summed E-state index contributed by atoms with van der Waals surface area (Å²) in [6.07, 6.45) is 1.09. The van der Waals surface area contributed by atoms with E-state index in [1.165, 1.54) is 16.7 Å². The van der Waals surface area contributed by atoms with Crippen LogP contribution in [0.15, 0.2) is 12.1 Å². The molecule has 0 saturated heterocycles. The van der Waals surface area contributed by atoms with Crippen molar-refractivity contribution in [1.82, 2.24) is 5.32 Å². The highest BCUT2D eigenvalue weighted by Crippen LogP contribution is 2.21. The second-order valence-corrected chi connectivity index (χ2v) is 5.09. The number of rotatable bonds is 6. The van der Waals surface area contributed by atoms with E-state index in [1.807, 2.05) is 0 Å². The molecular weight excluding hydrogens is 210 g/mol. The van der Waals surface area contributed by atoms with E-state index in [4.69, 9.17) is 4.74 Å². The van der Waals surface area contributed by atoms with Gasteiger partial charge in [0.1, 0.15) is 5.75 Å². The minimum Gasteiger partial charge on any atom is -0.497 e. The lowest BCUT2D eigenvalue weighted by Crippen LogP contribution is -2.22. The summed E-state index contributed by atoms with van der Waals surface area (Å²) in [5.41, 5.74) is 4.10. The molecule has 1 rings (SSSR count). The van der Waals surface area contributed by atoms with Gasteiger partial charge < -0.3 is 10.1 Å². The standard InChI is InChI=1S/C15H25NO/c1-11(2)10-16-7-6-15-12(3)8-14(17-5)9-13(15)4/h8-9,11,16H,6-7,10H2,1-5H3. The van der Waals surface area contributed by atoms with Crippen LogP contribution in [0.1, 0.15) is 30.5 Å². The fourth-order valence-electron chi connectivity index (χ4n) is 2.07. The molecule has 1 aromatic rings.